The molecule has 1 aliphatic carbocycles. The predicted octanol–water partition coefficient (Wildman–Crippen LogP) is 4.15. The summed E-state index contributed by atoms with van der Waals surface area (Å²) in [4.78, 5) is 1.12. The van der Waals surface area contributed by atoms with E-state index in [9.17, 15) is 0 Å². The van der Waals surface area contributed by atoms with E-state index in [-0.39, 0.29) is 6.04 Å². The molecule has 0 amide bonds. The third-order valence-electron chi connectivity index (χ3n) is 3.47. The van der Waals surface area contributed by atoms with Crippen molar-refractivity contribution >= 4 is 23.4 Å². The van der Waals surface area contributed by atoms with Crippen LogP contribution in [0.2, 0.25) is 5.02 Å². The van der Waals surface area contributed by atoms with Gasteiger partial charge in [-0.05, 0) is 37.8 Å². The third-order valence-corrected chi connectivity index (χ3v) is 5.08. The van der Waals surface area contributed by atoms with E-state index in [1.54, 1.807) is 11.8 Å². The first-order valence-corrected chi connectivity index (χ1v) is 8.20. The molecule has 1 atom stereocenters. The second-order valence-electron chi connectivity index (χ2n) is 4.84. The van der Waals surface area contributed by atoms with Crippen molar-refractivity contribution in [2.24, 2.45) is 5.84 Å². The zero-order valence-corrected chi connectivity index (χ0v) is 12.6. The highest BCUT2D eigenvalue weighted by atomic mass is 35.5. The predicted molar refractivity (Wildman–Crippen MR) is 84.5 cm³/mol. The highest BCUT2D eigenvalue weighted by Gasteiger charge is 2.15. The van der Waals surface area contributed by atoms with Gasteiger partial charge in [0, 0.05) is 10.6 Å². The van der Waals surface area contributed by atoms with Crippen molar-refractivity contribution in [2.45, 2.75) is 43.0 Å². The van der Waals surface area contributed by atoms with E-state index >= 15 is 0 Å². The van der Waals surface area contributed by atoms with Gasteiger partial charge in [0.05, 0.1) is 11.1 Å². The molecule has 1 aliphatic rings. The van der Waals surface area contributed by atoms with Gasteiger partial charge in [0.25, 0.3) is 0 Å². The molecule has 2 nitrogen and oxygen atoms in total. The summed E-state index contributed by atoms with van der Waals surface area (Å²) in [6.07, 6.45) is 8.63. The molecule has 104 valence electrons. The van der Waals surface area contributed by atoms with E-state index in [2.05, 4.69) is 17.6 Å². The van der Waals surface area contributed by atoms with Crippen molar-refractivity contribution < 1.29 is 0 Å². The molecule has 0 saturated heterocycles. The van der Waals surface area contributed by atoms with Crippen LogP contribution in [0.15, 0.2) is 40.8 Å². The summed E-state index contributed by atoms with van der Waals surface area (Å²) in [5.41, 5.74) is 4.41. The van der Waals surface area contributed by atoms with E-state index in [1.807, 2.05) is 18.2 Å². The molecule has 0 aromatic heterocycles. The number of nitrogens with one attached hydrogen (secondary N) is 1. The van der Waals surface area contributed by atoms with Crippen molar-refractivity contribution in [1.29, 1.82) is 0 Å². The van der Waals surface area contributed by atoms with E-state index < -0.39 is 0 Å². The van der Waals surface area contributed by atoms with Gasteiger partial charge in [0.1, 0.15) is 0 Å². The topological polar surface area (TPSA) is 38.0 Å². The van der Waals surface area contributed by atoms with Crippen LogP contribution < -0.4 is 11.3 Å². The van der Waals surface area contributed by atoms with Crippen LogP contribution in [0.1, 0.15) is 32.1 Å². The van der Waals surface area contributed by atoms with Gasteiger partial charge in [-0.15, -0.1) is 11.8 Å². The van der Waals surface area contributed by atoms with Gasteiger partial charge in [0.15, 0.2) is 0 Å². The Kier molecular flexibility index (Phi) is 6.24. The Morgan fingerprint density at radius 1 is 1.26 bits per heavy atom. The van der Waals surface area contributed by atoms with Crippen LogP contribution in [0.3, 0.4) is 0 Å². The van der Waals surface area contributed by atoms with Crippen molar-refractivity contribution in [2.75, 3.05) is 5.75 Å². The molecule has 2 rings (SSSR count). The first kappa shape index (κ1) is 14.9. The van der Waals surface area contributed by atoms with Crippen molar-refractivity contribution in [3.05, 3.63) is 40.9 Å². The quantitative estimate of drug-likeness (QED) is 0.371. The normalized spacial score (nSPS) is 17.7. The zero-order valence-electron chi connectivity index (χ0n) is 11.1. The summed E-state index contributed by atoms with van der Waals surface area (Å²) in [6, 6.07) is 8.21. The average Bonchev–Trinajstić information content (AvgIpc) is 2.71. The maximum absolute atomic E-state index is 6.18. The lowest BCUT2D eigenvalue weighted by Gasteiger charge is -2.19. The van der Waals surface area contributed by atoms with Gasteiger partial charge in [-0.3, -0.25) is 11.3 Å². The molecule has 4 heteroatoms. The molecular formula is C15H21ClN2S. The fraction of sp³-hybridized carbons (Fsp3) is 0.467. The highest BCUT2D eigenvalue weighted by Crippen LogP contribution is 2.29. The summed E-state index contributed by atoms with van der Waals surface area (Å²) in [6.45, 7) is 0. The number of allylic oxidation sites excluding steroid dienone is 1. The number of halogens is 1. The lowest BCUT2D eigenvalue weighted by molar-refractivity contribution is 0.611. The van der Waals surface area contributed by atoms with Crippen LogP contribution in [-0.2, 0) is 0 Å². The first-order valence-electron chi connectivity index (χ1n) is 6.83. The van der Waals surface area contributed by atoms with E-state index in [1.165, 1.54) is 31.3 Å². The van der Waals surface area contributed by atoms with E-state index in [4.69, 9.17) is 17.4 Å². The molecule has 0 aliphatic heterocycles. The molecule has 0 bridgehead atoms. The summed E-state index contributed by atoms with van der Waals surface area (Å²) < 4.78 is 0. The molecule has 0 fully saturated rings. The van der Waals surface area contributed by atoms with Gasteiger partial charge in [0.2, 0.25) is 0 Å². The summed E-state index contributed by atoms with van der Waals surface area (Å²) in [7, 11) is 0. The minimum Gasteiger partial charge on any atom is -0.271 e. The molecule has 0 saturated carbocycles. The molecule has 1 unspecified atom stereocenters. The maximum atomic E-state index is 6.18. The monoisotopic (exact) mass is 296 g/mol. The van der Waals surface area contributed by atoms with Crippen molar-refractivity contribution in [1.82, 2.24) is 5.43 Å². The van der Waals surface area contributed by atoms with Crippen LogP contribution in [0.5, 0.6) is 0 Å². The zero-order chi connectivity index (χ0) is 13.5. The fourth-order valence-electron chi connectivity index (χ4n) is 2.35. The smallest absolute Gasteiger partial charge is 0.0541 e. The number of thioether (sulfide) groups is 1. The Bertz CT molecular complexity index is 434. The van der Waals surface area contributed by atoms with Crippen LogP contribution in [0.25, 0.3) is 0 Å². The second kappa shape index (κ2) is 7.95. The molecular weight excluding hydrogens is 276 g/mol. The van der Waals surface area contributed by atoms with E-state index in [0.717, 1.165) is 22.1 Å². The molecule has 3 N–H and O–H groups in total. The van der Waals surface area contributed by atoms with Gasteiger partial charge in [-0.1, -0.05) is 41.8 Å². The molecule has 1 aromatic carbocycles. The SMILES string of the molecule is NNC(CSc1ccccc1Cl)C1=CCCCCC1. The van der Waals surface area contributed by atoms with Crippen molar-refractivity contribution in [3.63, 3.8) is 0 Å². The standard InChI is InChI=1S/C15H21ClN2S/c16-13-9-5-6-10-15(13)19-11-14(18-17)12-7-3-1-2-4-8-12/h5-7,9-10,14,18H,1-4,8,11,17H2. The van der Waals surface area contributed by atoms with Crippen LogP contribution in [0.4, 0.5) is 0 Å². The number of hydrogen-bond donors (Lipinski definition) is 2. The van der Waals surface area contributed by atoms with Gasteiger partial charge >= 0.3 is 0 Å². The fourth-order valence-corrected chi connectivity index (χ4v) is 3.69. The Morgan fingerprint density at radius 3 is 2.89 bits per heavy atom. The van der Waals surface area contributed by atoms with Crippen LogP contribution in [0, 0.1) is 0 Å². The van der Waals surface area contributed by atoms with Crippen LogP contribution >= 0.6 is 23.4 Å². The Hall–Kier alpha value is -0.480. The third kappa shape index (κ3) is 4.53. The van der Waals surface area contributed by atoms with Crippen LogP contribution in [-0.4, -0.2) is 11.8 Å². The maximum Gasteiger partial charge on any atom is 0.0541 e. The lowest BCUT2D eigenvalue weighted by Crippen LogP contribution is -2.38. The average molecular weight is 297 g/mol. The molecule has 0 heterocycles. The Balaban J connectivity index is 1.95. The summed E-state index contributed by atoms with van der Waals surface area (Å²) in [5.74, 6) is 6.64. The van der Waals surface area contributed by atoms with Gasteiger partial charge < -0.3 is 0 Å². The van der Waals surface area contributed by atoms with E-state index in [0.29, 0.717) is 0 Å². The summed E-state index contributed by atoms with van der Waals surface area (Å²) in [5, 5.41) is 0.818. The summed E-state index contributed by atoms with van der Waals surface area (Å²) >= 11 is 7.94. The van der Waals surface area contributed by atoms with Gasteiger partial charge in [-0.25, -0.2) is 0 Å². The minimum atomic E-state index is 0.249. The largest absolute Gasteiger partial charge is 0.271 e. The first-order chi connectivity index (χ1) is 9.31. The number of hydrazine groups is 1. The number of hydrogen-bond acceptors (Lipinski definition) is 3. The molecule has 19 heavy (non-hydrogen) atoms. The lowest BCUT2D eigenvalue weighted by atomic mass is 10.0. The Labute approximate surface area is 124 Å². The molecule has 1 aromatic rings. The second-order valence-corrected chi connectivity index (χ2v) is 6.31. The number of benzene rings is 1. The number of rotatable bonds is 5. The molecule has 0 spiro atoms. The number of nitrogens with two attached hydrogens (primary N) is 1. The van der Waals surface area contributed by atoms with Crippen molar-refractivity contribution in [3.8, 4) is 0 Å². The minimum absolute atomic E-state index is 0.249. The molecule has 0 radical (unpaired) electrons. The highest BCUT2D eigenvalue weighted by molar-refractivity contribution is 7.99. The van der Waals surface area contributed by atoms with Gasteiger partial charge in [-0.2, -0.15) is 0 Å². The Morgan fingerprint density at radius 2 is 2.11 bits per heavy atom.